The largest absolute Gasteiger partial charge is 0.449 e. The van der Waals surface area contributed by atoms with Gasteiger partial charge < -0.3 is 15.4 Å². The van der Waals surface area contributed by atoms with E-state index in [1.54, 1.807) is 4.90 Å². The molecule has 0 unspecified atom stereocenters. The standard InChI is InChI=1S/C11H20N2O3/c1-2-3-7-16-11(15)13-6-4-5-9(8-13)10(12)14/h9H,2-8H2,1H3,(H2,12,14)/t9-/m0/s1. The third-order valence-electron chi connectivity index (χ3n) is 2.81. The van der Waals surface area contributed by atoms with E-state index in [1.165, 1.54) is 0 Å². The van der Waals surface area contributed by atoms with E-state index in [-0.39, 0.29) is 17.9 Å². The lowest BCUT2D eigenvalue weighted by Crippen LogP contribution is -2.44. The summed E-state index contributed by atoms with van der Waals surface area (Å²) in [7, 11) is 0. The predicted molar refractivity (Wildman–Crippen MR) is 59.7 cm³/mol. The van der Waals surface area contributed by atoms with Crippen molar-refractivity contribution in [3.8, 4) is 0 Å². The number of nitrogens with zero attached hydrogens (tertiary/aromatic N) is 1. The summed E-state index contributed by atoms with van der Waals surface area (Å²) in [6.45, 7) is 3.56. The quantitative estimate of drug-likeness (QED) is 0.733. The molecule has 0 aliphatic carbocycles. The topological polar surface area (TPSA) is 72.6 Å². The van der Waals surface area contributed by atoms with E-state index in [0.717, 1.165) is 25.7 Å². The van der Waals surface area contributed by atoms with Gasteiger partial charge >= 0.3 is 6.09 Å². The van der Waals surface area contributed by atoms with Crippen molar-refractivity contribution in [2.24, 2.45) is 11.7 Å². The van der Waals surface area contributed by atoms with Gasteiger partial charge in [0.2, 0.25) is 5.91 Å². The number of ether oxygens (including phenoxy) is 1. The number of primary amides is 1. The van der Waals surface area contributed by atoms with Crippen molar-refractivity contribution in [3.05, 3.63) is 0 Å². The van der Waals surface area contributed by atoms with Gasteiger partial charge in [-0.25, -0.2) is 4.79 Å². The molecule has 0 spiro atoms. The van der Waals surface area contributed by atoms with E-state index >= 15 is 0 Å². The van der Waals surface area contributed by atoms with Crippen LogP contribution in [0.25, 0.3) is 0 Å². The molecule has 0 bridgehead atoms. The van der Waals surface area contributed by atoms with Crippen molar-refractivity contribution in [1.29, 1.82) is 0 Å². The van der Waals surface area contributed by atoms with Gasteiger partial charge in [-0.15, -0.1) is 0 Å². The van der Waals surface area contributed by atoms with Crippen LogP contribution in [-0.2, 0) is 9.53 Å². The van der Waals surface area contributed by atoms with E-state index < -0.39 is 0 Å². The molecule has 16 heavy (non-hydrogen) atoms. The van der Waals surface area contributed by atoms with Crippen molar-refractivity contribution < 1.29 is 14.3 Å². The minimum Gasteiger partial charge on any atom is -0.449 e. The molecular formula is C11H20N2O3. The van der Waals surface area contributed by atoms with Crippen molar-refractivity contribution in [3.63, 3.8) is 0 Å². The summed E-state index contributed by atoms with van der Waals surface area (Å²) in [6.07, 6.45) is 3.14. The first-order valence-corrected chi connectivity index (χ1v) is 5.86. The Labute approximate surface area is 95.9 Å². The monoisotopic (exact) mass is 228 g/mol. The van der Waals surface area contributed by atoms with Crippen LogP contribution in [0, 0.1) is 5.92 Å². The van der Waals surface area contributed by atoms with Gasteiger partial charge in [0.15, 0.2) is 0 Å². The Balaban J connectivity index is 2.35. The summed E-state index contributed by atoms with van der Waals surface area (Å²) >= 11 is 0. The second-order valence-electron chi connectivity index (χ2n) is 4.16. The number of carbonyl (C=O) groups is 2. The Morgan fingerprint density at radius 1 is 1.50 bits per heavy atom. The van der Waals surface area contributed by atoms with Crippen molar-refractivity contribution in [1.82, 2.24) is 4.90 Å². The highest BCUT2D eigenvalue weighted by molar-refractivity contribution is 5.78. The lowest BCUT2D eigenvalue weighted by Gasteiger charge is -2.30. The first kappa shape index (κ1) is 12.8. The normalized spacial score (nSPS) is 20.6. The Bertz CT molecular complexity index is 256. The first-order chi connectivity index (χ1) is 7.65. The van der Waals surface area contributed by atoms with Crippen LogP contribution in [0.15, 0.2) is 0 Å². The van der Waals surface area contributed by atoms with Crippen LogP contribution < -0.4 is 5.73 Å². The van der Waals surface area contributed by atoms with Crippen LogP contribution in [0.2, 0.25) is 0 Å². The van der Waals surface area contributed by atoms with E-state index in [0.29, 0.717) is 19.7 Å². The van der Waals surface area contributed by atoms with Gasteiger partial charge in [0.1, 0.15) is 0 Å². The zero-order chi connectivity index (χ0) is 12.0. The first-order valence-electron chi connectivity index (χ1n) is 5.86. The predicted octanol–water partition coefficient (Wildman–Crippen LogP) is 1.12. The number of amides is 2. The summed E-state index contributed by atoms with van der Waals surface area (Å²) in [4.78, 5) is 24.2. The van der Waals surface area contributed by atoms with Gasteiger partial charge in [-0.3, -0.25) is 4.79 Å². The molecule has 1 saturated heterocycles. The fourth-order valence-corrected chi connectivity index (χ4v) is 1.77. The Morgan fingerprint density at radius 3 is 2.88 bits per heavy atom. The molecule has 1 rings (SSSR count). The van der Waals surface area contributed by atoms with Crippen LogP contribution in [0.3, 0.4) is 0 Å². The number of carbonyl (C=O) groups excluding carboxylic acids is 2. The molecule has 5 nitrogen and oxygen atoms in total. The zero-order valence-electron chi connectivity index (χ0n) is 9.78. The summed E-state index contributed by atoms with van der Waals surface area (Å²) in [5, 5.41) is 0. The van der Waals surface area contributed by atoms with Crippen LogP contribution in [0.1, 0.15) is 32.6 Å². The van der Waals surface area contributed by atoms with E-state index in [4.69, 9.17) is 10.5 Å². The Kier molecular flexibility index (Phi) is 5.08. The molecule has 92 valence electrons. The molecule has 1 aliphatic rings. The molecule has 2 amide bonds. The fraction of sp³-hybridized carbons (Fsp3) is 0.818. The number of hydrogen-bond donors (Lipinski definition) is 1. The van der Waals surface area contributed by atoms with Crippen LogP contribution in [-0.4, -0.2) is 36.6 Å². The van der Waals surface area contributed by atoms with Crippen LogP contribution >= 0.6 is 0 Å². The van der Waals surface area contributed by atoms with E-state index in [2.05, 4.69) is 0 Å². The summed E-state index contributed by atoms with van der Waals surface area (Å²) in [5.41, 5.74) is 5.23. The SMILES string of the molecule is CCCCOC(=O)N1CCC[C@H](C(N)=O)C1. The summed E-state index contributed by atoms with van der Waals surface area (Å²) in [5.74, 6) is -0.543. The van der Waals surface area contributed by atoms with Gasteiger partial charge in [-0.1, -0.05) is 13.3 Å². The highest BCUT2D eigenvalue weighted by Crippen LogP contribution is 2.16. The van der Waals surface area contributed by atoms with Crippen molar-refractivity contribution in [2.75, 3.05) is 19.7 Å². The molecule has 5 heteroatoms. The molecule has 0 aromatic rings. The number of unbranched alkanes of at least 4 members (excludes halogenated alkanes) is 1. The second-order valence-corrected chi connectivity index (χ2v) is 4.16. The molecule has 1 heterocycles. The molecule has 1 atom stereocenters. The lowest BCUT2D eigenvalue weighted by molar-refractivity contribution is -0.123. The van der Waals surface area contributed by atoms with E-state index in [1.807, 2.05) is 6.92 Å². The summed E-state index contributed by atoms with van der Waals surface area (Å²) < 4.78 is 5.08. The van der Waals surface area contributed by atoms with Gasteiger partial charge in [-0.2, -0.15) is 0 Å². The van der Waals surface area contributed by atoms with Gasteiger partial charge in [0.25, 0.3) is 0 Å². The van der Waals surface area contributed by atoms with Gasteiger partial charge in [-0.05, 0) is 19.3 Å². The average molecular weight is 228 g/mol. The maximum atomic E-state index is 11.6. The number of likely N-dealkylation sites (tertiary alicyclic amines) is 1. The number of rotatable bonds is 4. The lowest BCUT2D eigenvalue weighted by atomic mass is 9.98. The Morgan fingerprint density at radius 2 is 2.25 bits per heavy atom. The molecule has 0 aromatic heterocycles. The maximum Gasteiger partial charge on any atom is 0.409 e. The van der Waals surface area contributed by atoms with Crippen molar-refractivity contribution in [2.45, 2.75) is 32.6 Å². The fourth-order valence-electron chi connectivity index (χ4n) is 1.77. The molecule has 0 aromatic carbocycles. The third kappa shape index (κ3) is 3.72. The zero-order valence-corrected chi connectivity index (χ0v) is 9.78. The molecule has 0 radical (unpaired) electrons. The maximum absolute atomic E-state index is 11.6. The van der Waals surface area contributed by atoms with Gasteiger partial charge in [0.05, 0.1) is 12.5 Å². The average Bonchev–Trinajstić information content (AvgIpc) is 2.29. The molecule has 2 N–H and O–H groups in total. The number of piperidine rings is 1. The summed E-state index contributed by atoms with van der Waals surface area (Å²) in [6, 6.07) is 0. The van der Waals surface area contributed by atoms with E-state index in [9.17, 15) is 9.59 Å². The highest BCUT2D eigenvalue weighted by atomic mass is 16.6. The van der Waals surface area contributed by atoms with Crippen LogP contribution in [0.5, 0.6) is 0 Å². The molecular weight excluding hydrogens is 208 g/mol. The molecule has 1 fully saturated rings. The third-order valence-corrected chi connectivity index (χ3v) is 2.81. The molecule has 0 saturated carbocycles. The number of hydrogen-bond acceptors (Lipinski definition) is 3. The Hall–Kier alpha value is -1.26. The smallest absolute Gasteiger partial charge is 0.409 e. The minimum atomic E-state index is -0.328. The second kappa shape index (κ2) is 6.35. The molecule has 1 aliphatic heterocycles. The minimum absolute atomic E-state index is 0.215. The van der Waals surface area contributed by atoms with Crippen molar-refractivity contribution >= 4 is 12.0 Å². The number of nitrogens with two attached hydrogens (primary N) is 1. The van der Waals surface area contributed by atoms with Gasteiger partial charge in [0, 0.05) is 13.1 Å². The van der Waals surface area contributed by atoms with Crippen LogP contribution in [0.4, 0.5) is 4.79 Å². The highest BCUT2D eigenvalue weighted by Gasteiger charge is 2.27.